The zero-order valence-electron chi connectivity index (χ0n) is 18.5. The van der Waals surface area contributed by atoms with Gasteiger partial charge in [-0.25, -0.2) is 0 Å². The van der Waals surface area contributed by atoms with Crippen molar-refractivity contribution in [3.05, 3.63) is 77.9 Å². The molecule has 1 N–H and O–H groups in total. The predicted molar refractivity (Wildman–Crippen MR) is 124 cm³/mol. The van der Waals surface area contributed by atoms with Crippen LogP contribution in [0.25, 0.3) is 11.1 Å². The van der Waals surface area contributed by atoms with Crippen LogP contribution in [0, 0.1) is 0 Å². The van der Waals surface area contributed by atoms with E-state index < -0.39 is 0 Å². The minimum atomic E-state index is 0.00690. The molecular weight excluding hydrogens is 404 g/mol. The highest BCUT2D eigenvalue weighted by Gasteiger charge is 2.23. The van der Waals surface area contributed by atoms with Gasteiger partial charge < -0.3 is 19.5 Å². The molecule has 0 aromatic heterocycles. The molecule has 0 radical (unpaired) electrons. The zero-order valence-corrected chi connectivity index (χ0v) is 18.5. The molecule has 0 saturated carbocycles. The number of hydrogen-bond acceptors (Lipinski definition) is 5. The van der Waals surface area contributed by atoms with E-state index in [2.05, 4.69) is 17.0 Å². The van der Waals surface area contributed by atoms with Gasteiger partial charge in [0.2, 0.25) is 5.75 Å². The molecule has 0 aliphatic carbocycles. The molecule has 1 fully saturated rings. The van der Waals surface area contributed by atoms with E-state index in [0.717, 1.165) is 29.8 Å². The summed E-state index contributed by atoms with van der Waals surface area (Å²) in [5.41, 5.74) is 3.95. The molecule has 4 rings (SSSR count). The van der Waals surface area contributed by atoms with E-state index in [9.17, 15) is 9.90 Å². The second-order valence-electron chi connectivity index (χ2n) is 7.86. The number of nitrogens with zero attached hydrogens (tertiary/aromatic N) is 2. The molecule has 3 aromatic rings. The Bertz CT molecular complexity index is 1030. The maximum atomic E-state index is 13.0. The third-order valence-corrected chi connectivity index (χ3v) is 5.84. The standard InChI is InChI=1S/C26H28N2O4/c1-31-23-16-19(17-24(32-2)25(23)29)18-27-12-14-28(15-13-27)26(30)22-10-8-21(9-11-22)20-6-4-3-5-7-20/h3-11,16-17,29H,12-15,18H2,1-2H3. The van der Waals surface area contributed by atoms with Gasteiger partial charge in [-0.3, -0.25) is 9.69 Å². The van der Waals surface area contributed by atoms with Crippen LogP contribution in [0.2, 0.25) is 0 Å². The van der Waals surface area contributed by atoms with Gasteiger partial charge in [0, 0.05) is 38.3 Å². The molecule has 1 heterocycles. The summed E-state index contributed by atoms with van der Waals surface area (Å²) in [5.74, 6) is 0.865. The lowest BCUT2D eigenvalue weighted by atomic mass is 10.0. The van der Waals surface area contributed by atoms with Crippen molar-refractivity contribution in [3.8, 4) is 28.4 Å². The number of phenolic OH excluding ortho intramolecular Hbond substituents is 1. The van der Waals surface area contributed by atoms with Crippen molar-refractivity contribution in [3.63, 3.8) is 0 Å². The maximum absolute atomic E-state index is 13.0. The van der Waals surface area contributed by atoms with E-state index in [1.165, 1.54) is 14.2 Å². The van der Waals surface area contributed by atoms with Crippen molar-refractivity contribution in [2.24, 2.45) is 0 Å². The lowest BCUT2D eigenvalue weighted by Crippen LogP contribution is -2.48. The monoisotopic (exact) mass is 432 g/mol. The predicted octanol–water partition coefficient (Wildman–Crippen LogP) is 4.03. The molecular formula is C26H28N2O4. The first kappa shape index (κ1) is 21.7. The molecule has 166 valence electrons. The number of phenols is 1. The average Bonchev–Trinajstić information content (AvgIpc) is 2.85. The SMILES string of the molecule is COc1cc(CN2CCN(C(=O)c3ccc(-c4ccccc4)cc3)CC2)cc(OC)c1O. The highest BCUT2D eigenvalue weighted by atomic mass is 16.5. The average molecular weight is 433 g/mol. The summed E-state index contributed by atoms with van der Waals surface area (Å²) in [6.07, 6.45) is 0. The number of ether oxygens (including phenoxy) is 2. The van der Waals surface area contributed by atoms with Crippen LogP contribution in [0.1, 0.15) is 15.9 Å². The van der Waals surface area contributed by atoms with Crippen molar-refractivity contribution in [2.45, 2.75) is 6.54 Å². The number of piperazine rings is 1. The van der Waals surface area contributed by atoms with Gasteiger partial charge in [-0.2, -0.15) is 0 Å². The molecule has 0 spiro atoms. The number of benzene rings is 3. The quantitative estimate of drug-likeness (QED) is 0.637. The van der Waals surface area contributed by atoms with Gasteiger partial charge in [0.1, 0.15) is 0 Å². The topological polar surface area (TPSA) is 62.2 Å². The zero-order chi connectivity index (χ0) is 22.5. The van der Waals surface area contributed by atoms with Crippen LogP contribution in [0.4, 0.5) is 0 Å². The summed E-state index contributed by atoms with van der Waals surface area (Å²) in [5, 5.41) is 10.1. The molecule has 6 heteroatoms. The van der Waals surface area contributed by atoms with Crippen LogP contribution in [0.5, 0.6) is 17.2 Å². The highest BCUT2D eigenvalue weighted by molar-refractivity contribution is 5.94. The first-order valence-corrected chi connectivity index (χ1v) is 10.7. The van der Waals surface area contributed by atoms with Crippen LogP contribution in [-0.2, 0) is 6.54 Å². The van der Waals surface area contributed by atoms with Gasteiger partial charge in [0.05, 0.1) is 14.2 Å². The van der Waals surface area contributed by atoms with Crippen molar-refractivity contribution in [1.29, 1.82) is 0 Å². The lowest BCUT2D eigenvalue weighted by Gasteiger charge is -2.35. The molecule has 1 aliphatic heterocycles. The van der Waals surface area contributed by atoms with Gasteiger partial charge in [-0.1, -0.05) is 42.5 Å². The van der Waals surface area contributed by atoms with E-state index in [1.807, 2.05) is 59.5 Å². The van der Waals surface area contributed by atoms with Crippen molar-refractivity contribution in [2.75, 3.05) is 40.4 Å². The Morgan fingerprint density at radius 1 is 0.844 bits per heavy atom. The van der Waals surface area contributed by atoms with Gasteiger partial charge in [0.25, 0.3) is 5.91 Å². The Morgan fingerprint density at radius 2 is 1.41 bits per heavy atom. The number of aromatic hydroxyl groups is 1. The minimum absolute atomic E-state index is 0.00690. The van der Waals surface area contributed by atoms with Crippen molar-refractivity contribution in [1.82, 2.24) is 9.80 Å². The third kappa shape index (κ3) is 4.70. The normalized spacial score (nSPS) is 14.2. The van der Waals surface area contributed by atoms with Crippen LogP contribution in [0.15, 0.2) is 66.7 Å². The molecule has 1 saturated heterocycles. The lowest BCUT2D eigenvalue weighted by molar-refractivity contribution is 0.0628. The summed E-state index contributed by atoms with van der Waals surface area (Å²) in [6, 6.07) is 21.6. The van der Waals surface area contributed by atoms with E-state index >= 15 is 0 Å². The van der Waals surface area contributed by atoms with E-state index in [-0.39, 0.29) is 11.7 Å². The van der Waals surface area contributed by atoms with Crippen LogP contribution >= 0.6 is 0 Å². The van der Waals surface area contributed by atoms with Gasteiger partial charge in [0.15, 0.2) is 11.5 Å². The molecule has 6 nitrogen and oxygen atoms in total. The molecule has 1 aliphatic rings. The van der Waals surface area contributed by atoms with Crippen LogP contribution < -0.4 is 9.47 Å². The Labute approximate surface area is 188 Å². The molecule has 0 bridgehead atoms. The smallest absolute Gasteiger partial charge is 0.253 e. The van der Waals surface area contributed by atoms with Gasteiger partial charge in [-0.05, 0) is 41.0 Å². The van der Waals surface area contributed by atoms with E-state index in [0.29, 0.717) is 36.7 Å². The second kappa shape index (κ2) is 9.75. The molecule has 3 aromatic carbocycles. The van der Waals surface area contributed by atoms with Crippen LogP contribution in [0.3, 0.4) is 0 Å². The first-order valence-electron chi connectivity index (χ1n) is 10.7. The Morgan fingerprint density at radius 3 is 1.97 bits per heavy atom. The van der Waals surface area contributed by atoms with Crippen LogP contribution in [-0.4, -0.2) is 61.2 Å². The first-order chi connectivity index (χ1) is 15.6. The second-order valence-corrected chi connectivity index (χ2v) is 7.86. The molecule has 1 amide bonds. The number of carbonyl (C=O) groups excluding carboxylic acids is 1. The Kier molecular flexibility index (Phi) is 6.61. The fourth-order valence-corrected chi connectivity index (χ4v) is 4.02. The fraction of sp³-hybridized carbons (Fsp3) is 0.269. The van der Waals surface area contributed by atoms with Gasteiger partial charge >= 0.3 is 0 Å². The van der Waals surface area contributed by atoms with Crippen molar-refractivity contribution >= 4 is 5.91 Å². The number of amides is 1. The third-order valence-electron chi connectivity index (χ3n) is 5.84. The largest absolute Gasteiger partial charge is 0.502 e. The Hall–Kier alpha value is -3.51. The summed E-state index contributed by atoms with van der Waals surface area (Å²) >= 11 is 0. The molecule has 0 atom stereocenters. The van der Waals surface area contributed by atoms with Crippen molar-refractivity contribution < 1.29 is 19.4 Å². The van der Waals surface area contributed by atoms with E-state index in [4.69, 9.17) is 9.47 Å². The van der Waals surface area contributed by atoms with E-state index in [1.54, 1.807) is 0 Å². The maximum Gasteiger partial charge on any atom is 0.253 e. The summed E-state index contributed by atoms with van der Waals surface area (Å²) < 4.78 is 10.5. The summed E-state index contributed by atoms with van der Waals surface area (Å²) in [6.45, 7) is 3.59. The van der Waals surface area contributed by atoms with Gasteiger partial charge in [-0.15, -0.1) is 0 Å². The highest BCUT2D eigenvalue weighted by Crippen LogP contribution is 2.37. The fourth-order valence-electron chi connectivity index (χ4n) is 4.02. The minimum Gasteiger partial charge on any atom is -0.502 e. The number of carbonyl (C=O) groups is 1. The summed E-state index contributed by atoms with van der Waals surface area (Å²) in [7, 11) is 3.05. The number of rotatable bonds is 6. The summed E-state index contributed by atoms with van der Waals surface area (Å²) in [4.78, 5) is 17.2. The molecule has 32 heavy (non-hydrogen) atoms. The Balaban J connectivity index is 1.36. The number of methoxy groups -OCH3 is 2. The number of hydrogen-bond donors (Lipinski definition) is 1. The molecule has 0 unspecified atom stereocenters.